The van der Waals surface area contributed by atoms with Crippen molar-refractivity contribution in [1.29, 1.82) is 0 Å². The van der Waals surface area contributed by atoms with Gasteiger partial charge in [-0.1, -0.05) is 311 Å². The third-order valence-electron chi connectivity index (χ3n) is 19.7. The summed E-state index contributed by atoms with van der Waals surface area (Å²) in [5.74, 6) is -5.54. The maximum Gasteiger partial charge on any atom is 0.470 e. The average molecular weight is 1490 g/mol. The molecule has 103 heavy (non-hydrogen) atoms. The summed E-state index contributed by atoms with van der Waals surface area (Å²) in [4.78, 5) is 118. The Labute approximate surface area is 624 Å². The van der Waals surface area contributed by atoms with Crippen LogP contribution in [0.25, 0.3) is 0 Å². The van der Waals surface area contributed by atoms with Gasteiger partial charge in [-0.2, -0.15) is 0 Å². The van der Waals surface area contributed by atoms with Crippen LogP contribution in [0.5, 0.6) is 0 Å². The van der Waals surface area contributed by atoms with E-state index in [1.165, 1.54) is 44.9 Å². The van der Waals surface area contributed by atoms with Gasteiger partial charge in [-0.3, -0.25) is 33.3 Å². The highest BCUT2D eigenvalue weighted by Crippen LogP contribution is 2.42. The van der Waals surface area contributed by atoms with E-state index in [0.29, 0.717) is 51.4 Å². The minimum Gasteiger partial charge on any atom is -0.480 e. The van der Waals surface area contributed by atoms with Gasteiger partial charge in [-0.25, -0.2) is 9.36 Å². The first-order chi connectivity index (χ1) is 49.8. The Bertz CT molecular complexity index is 2170. The molecule has 2 amide bonds. The highest BCUT2D eigenvalue weighted by Gasteiger charge is 2.52. The Hall–Kier alpha value is -3.72. The van der Waals surface area contributed by atoms with Crippen LogP contribution in [0.3, 0.4) is 0 Å². The number of phosphoric ester groups is 1. The first-order valence-corrected chi connectivity index (χ1v) is 43.6. The summed E-state index contributed by atoms with van der Waals surface area (Å²) in [6.45, 7) is 11.1. The van der Waals surface area contributed by atoms with E-state index in [1.807, 2.05) is 0 Å². The number of nitrogens with one attached hydrogen (secondary N) is 2. The summed E-state index contributed by atoms with van der Waals surface area (Å²) in [6, 6.07) is -3.60. The molecule has 2 unspecified atom stereocenters. The number of phosphoric acid groups is 1. The number of hydrogen-bond acceptors (Lipinski definition) is 16. The molecule has 22 heteroatoms. The molecular weight excluding hydrogens is 1340 g/mol. The molecule has 6 N–H and O–H groups in total. The van der Waals surface area contributed by atoms with Crippen LogP contribution in [0.1, 0.15) is 408 Å². The van der Waals surface area contributed by atoms with Crippen LogP contribution >= 0.6 is 7.82 Å². The maximum atomic E-state index is 14.8. The van der Waals surface area contributed by atoms with E-state index in [-0.39, 0.29) is 32.1 Å². The van der Waals surface area contributed by atoms with Crippen molar-refractivity contribution in [2.24, 2.45) is 0 Å². The Morgan fingerprint density at radius 1 is 0.398 bits per heavy atom. The first-order valence-electron chi connectivity index (χ1n) is 42.1. The lowest BCUT2D eigenvalue weighted by atomic mass is 9.95. The Balaban J connectivity index is 3.85. The summed E-state index contributed by atoms with van der Waals surface area (Å²) in [5.41, 5.74) is 0. The van der Waals surface area contributed by atoms with Crippen molar-refractivity contribution in [3.8, 4) is 0 Å². The summed E-state index contributed by atoms with van der Waals surface area (Å²) < 4.78 is 54.9. The standard InChI is InChI=1S/C81H151N2O19P/c1-7-13-19-25-31-34-40-43-49-55-66(97-73(87)58-52-46-37-28-22-16-10-4)61-71(85)82-69(80(91)92)65-96-81-77(83-72(86)62-67(56-50-44-41-35-32-26-20-14-8-2)98-74(88)59-53-47-38-29-23-17-11-5)79(78(70(64-84)100-81)102-103(93,94)95)101-76(90)63-68(57-51-45-42-36-33-27-21-15-9-3)99-75(89)60-54-48-39-30-24-18-12-6/h66-70,77-79,81,84H,7-65H2,1-6H3,(H,82,85)(H,83,86)(H,91,92)(H2,93,94,95)/t66-,67-,68-,69-,70?,77+,78+,79?,81-/m1/s1. The zero-order chi connectivity index (χ0) is 75.8. The molecule has 0 radical (unpaired) electrons. The van der Waals surface area contributed by atoms with Crippen LogP contribution in [0, 0.1) is 0 Å². The molecule has 1 rings (SSSR count). The number of carbonyl (C=O) groups is 7. The smallest absolute Gasteiger partial charge is 0.470 e. The zero-order valence-electron chi connectivity index (χ0n) is 65.8. The van der Waals surface area contributed by atoms with Gasteiger partial charge in [0.05, 0.1) is 32.5 Å². The number of aliphatic hydroxyl groups is 1. The third kappa shape index (κ3) is 55.4. The lowest BCUT2D eigenvalue weighted by Gasteiger charge is -2.45. The van der Waals surface area contributed by atoms with Gasteiger partial charge in [0, 0.05) is 19.3 Å². The van der Waals surface area contributed by atoms with Crippen molar-refractivity contribution in [3.05, 3.63) is 0 Å². The summed E-state index contributed by atoms with van der Waals surface area (Å²) >= 11 is 0. The molecule has 0 aromatic rings. The Morgan fingerprint density at radius 3 is 1.01 bits per heavy atom. The van der Waals surface area contributed by atoms with E-state index in [2.05, 4.69) is 52.2 Å². The number of carbonyl (C=O) groups excluding carboxylic acids is 6. The minimum absolute atomic E-state index is 0.125. The minimum atomic E-state index is -5.56. The number of unbranched alkanes of at least 4 members (excludes halogenated alkanes) is 42. The van der Waals surface area contributed by atoms with Crippen LogP contribution in [0.2, 0.25) is 0 Å². The van der Waals surface area contributed by atoms with Crippen molar-refractivity contribution in [2.75, 3.05) is 13.2 Å². The fourth-order valence-electron chi connectivity index (χ4n) is 13.5. The Morgan fingerprint density at radius 2 is 0.699 bits per heavy atom. The largest absolute Gasteiger partial charge is 0.480 e. The number of carboxylic acid groups (broad SMARTS) is 1. The molecule has 1 heterocycles. The highest BCUT2D eigenvalue weighted by atomic mass is 31.2. The first kappa shape index (κ1) is 97.3. The van der Waals surface area contributed by atoms with Gasteiger partial charge in [0.2, 0.25) is 11.8 Å². The molecule has 1 aliphatic heterocycles. The number of aliphatic hydroxyl groups excluding tert-OH is 1. The van der Waals surface area contributed by atoms with Gasteiger partial charge in [0.25, 0.3) is 0 Å². The van der Waals surface area contributed by atoms with Crippen molar-refractivity contribution in [1.82, 2.24) is 10.6 Å². The fourth-order valence-corrected chi connectivity index (χ4v) is 14.1. The monoisotopic (exact) mass is 1490 g/mol. The van der Waals surface area contributed by atoms with Crippen LogP contribution in [-0.4, -0.2) is 130 Å². The maximum absolute atomic E-state index is 14.8. The number of ether oxygens (including phenoxy) is 6. The molecule has 0 spiro atoms. The van der Waals surface area contributed by atoms with Crippen LogP contribution < -0.4 is 10.6 Å². The molecule has 0 bridgehead atoms. The number of carboxylic acids is 1. The SMILES string of the molecule is CCCCCCCCCCC[C@H](CC(=O)N[C@H](CO[C@@H]1OC(CO)[C@H](OP(=O)(O)O)C(OC(=O)C[C@@H](CCCCCCCCCCC)OC(=O)CCCCCCCCC)[C@@H]1NC(=O)C[C@@H](CCCCCCCCCCC)OC(=O)CCCCCCCCC)C(=O)O)OC(=O)CCCCCCCCC. The van der Waals surface area contributed by atoms with Gasteiger partial charge < -0.3 is 59.1 Å². The molecule has 1 fully saturated rings. The summed E-state index contributed by atoms with van der Waals surface area (Å²) in [7, 11) is -5.56. The molecule has 0 saturated carbocycles. The fraction of sp³-hybridized carbons (Fsp3) is 0.914. The number of esters is 4. The van der Waals surface area contributed by atoms with Crippen molar-refractivity contribution in [3.63, 3.8) is 0 Å². The van der Waals surface area contributed by atoms with Gasteiger partial charge in [0.15, 0.2) is 18.4 Å². The van der Waals surface area contributed by atoms with E-state index < -0.39 is 131 Å². The third-order valence-corrected chi connectivity index (χ3v) is 20.2. The van der Waals surface area contributed by atoms with E-state index >= 15 is 0 Å². The normalized spacial score (nSPS) is 17.3. The number of amides is 2. The van der Waals surface area contributed by atoms with Gasteiger partial charge in [0.1, 0.15) is 36.6 Å². The molecule has 0 aromatic heterocycles. The van der Waals surface area contributed by atoms with Crippen LogP contribution in [0.15, 0.2) is 0 Å². The second kappa shape index (κ2) is 66.5. The van der Waals surface area contributed by atoms with E-state index in [4.69, 9.17) is 32.9 Å². The molecule has 1 aliphatic rings. The molecule has 604 valence electrons. The van der Waals surface area contributed by atoms with E-state index in [0.717, 1.165) is 225 Å². The molecular formula is C81H151N2O19P. The second-order valence-electron chi connectivity index (χ2n) is 29.5. The van der Waals surface area contributed by atoms with Gasteiger partial charge >= 0.3 is 37.7 Å². The summed E-state index contributed by atoms with van der Waals surface area (Å²) in [5, 5.41) is 26.9. The summed E-state index contributed by atoms with van der Waals surface area (Å²) in [6.07, 6.45) is 38.1. The van der Waals surface area contributed by atoms with E-state index in [1.54, 1.807) is 0 Å². The number of rotatable bonds is 73. The molecule has 9 atom stereocenters. The molecule has 0 aliphatic carbocycles. The predicted octanol–water partition coefficient (Wildman–Crippen LogP) is 19.3. The predicted molar refractivity (Wildman–Crippen MR) is 407 cm³/mol. The van der Waals surface area contributed by atoms with Crippen molar-refractivity contribution < 1.29 is 91.1 Å². The number of aliphatic carboxylic acids is 1. The molecule has 0 aromatic carbocycles. The Kier molecular flexibility index (Phi) is 62.8. The van der Waals surface area contributed by atoms with Crippen LogP contribution in [0.4, 0.5) is 0 Å². The second-order valence-corrected chi connectivity index (χ2v) is 30.7. The van der Waals surface area contributed by atoms with Gasteiger partial charge in [-0.15, -0.1) is 0 Å². The zero-order valence-corrected chi connectivity index (χ0v) is 66.7. The topological polar surface area (TPSA) is 306 Å². The lowest BCUT2D eigenvalue weighted by molar-refractivity contribution is -0.272. The van der Waals surface area contributed by atoms with Gasteiger partial charge in [-0.05, 0) is 57.8 Å². The highest BCUT2D eigenvalue weighted by molar-refractivity contribution is 7.46. The quantitative estimate of drug-likeness (QED) is 0.0143. The van der Waals surface area contributed by atoms with E-state index in [9.17, 15) is 58.1 Å². The lowest BCUT2D eigenvalue weighted by Crippen LogP contribution is -2.66. The van der Waals surface area contributed by atoms with Crippen molar-refractivity contribution >= 4 is 49.5 Å². The average Bonchev–Trinajstić information content (AvgIpc) is 0.781. The van der Waals surface area contributed by atoms with Crippen molar-refractivity contribution in [2.45, 2.75) is 463 Å². The molecule has 21 nitrogen and oxygen atoms in total. The number of hydrogen-bond donors (Lipinski definition) is 6. The molecule has 1 saturated heterocycles. The van der Waals surface area contributed by atoms with Crippen LogP contribution in [-0.2, 0) is 71.1 Å².